The number of ether oxygens (including phenoxy) is 1. The van der Waals surface area contributed by atoms with Crippen LogP contribution in [0.15, 0.2) is 6.20 Å². The molecular weight excluding hydrogens is 278 g/mol. The van der Waals surface area contributed by atoms with E-state index in [1.807, 2.05) is 24.7 Å². The molecule has 0 saturated heterocycles. The monoisotopic (exact) mass is 311 g/mol. The summed E-state index contributed by atoms with van der Waals surface area (Å²) in [6.45, 7) is 17.1. The van der Waals surface area contributed by atoms with E-state index >= 15 is 0 Å². The molecule has 6 heteroatoms. The second kappa shape index (κ2) is 8.60. The summed E-state index contributed by atoms with van der Waals surface area (Å²) in [4.78, 5) is 0. The van der Waals surface area contributed by atoms with E-state index in [9.17, 15) is 0 Å². The Morgan fingerprint density at radius 3 is 2.45 bits per heavy atom. The Morgan fingerprint density at radius 2 is 1.86 bits per heavy atom. The molecule has 1 aromatic heterocycles. The number of nitrogens with zero attached hydrogens (tertiary/aromatic N) is 3. The van der Waals surface area contributed by atoms with Crippen molar-refractivity contribution in [3.8, 4) is 0 Å². The number of hydrogen-bond donors (Lipinski definition) is 2. The number of nitrogens with one attached hydrogen (secondary N) is 2. The Morgan fingerprint density at radius 1 is 1.18 bits per heavy atom. The highest BCUT2D eigenvalue weighted by Crippen LogP contribution is 2.22. The zero-order valence-corrected chi connectivity index (χ0v) is 15.2. The molecule has 1 rings (SSSR count). The van der Waals surface area contributed by atoms with E-state index < -0.39 is 5.60 Å². The molecule has 0 radical (unpaired) electrons. The van der Waals surface area contributed by atoms with Crippen molar-refractivity contribution < 1.29 is 4.74 Å². The van der Waals surface area contributed by atoms with Gasteiger partial charge < -0.3 is 15.4 Å². The lowest BCUT2D eigenvalue weighted by Crippen LogP contribution is -2.38. The molecule has 6 nitrogen and oxygen atoms in total. The van der Waals surface area contributed by atoms with Crippen molar-refractivity contribution in [2.24, 2.45) is 0 Å². The number of hydrogen-bond acceptors (Lipinski definition) is 5. The van der Waals surface area contributed by atoms with Crippen LogP contribution in [0.1, 0.15) is 54.2 Å². The fraction of sp³-hybridized carbons (Fsp3) is 0.875. The third-order valence-electron chi connectivity index (χ3n) is 3.36. The van der Waals surface area contributed by atoms with Gasteiger partial charge in [0.2, 0.25) is 0 Å². The van der Waals surface area contributed by atoms with Crippen LogP contribution >= 0.6 is 0 Å². The molecule has 0 fully saturated rings. The topological polar surface area (TPSA) is 64.0 Å². The van der Waals surface area contributed by atoms with Gasteiger partial charge in [0.15, 0.2) is 0 Å². The van der Waals surface area contributed by atoms with E-state index in [1.54, 1.807) is 0 Å². The Bertz CT molecular complexity index is 428. The van der Waals surface area contributed by atoms with Crippen LogP contribution in [-0.4, -0.2) is 46.3 Å². The summed E-state index contributed by atoms with van der Waals surface area (Å²) in [5, 5.41) is 15.3. The molecule has 1 aromatic rings. The Balaban J connectivity index is 2.49. The van der Waals surface area contributed by atoms with Crippen molar-refractivity contribution in [3.63, 3.8) is 0 Å². The molecule has 0 bridgehead atoms. The summed E-state index contributed by atoms with van der Waals surface area (Å²) in [5.74, 6) is 0. The Kier molecular flexibility index (Phi) is 7.45. The highest BCUT2D eigenvalue weighted by Gasteiger charge is 2.26. The lowest BCUT2D eigenvalue weighted by Gasteiger charge is -2.26. The van der Waals surface area contributed by atoms with Crippen LogP contribution in [0.3, 0.4) is 0 Å². The minimum absolute atomic E-state index is 0.310. The molecule has 0 aliphatic carbocycles. The standard InChI is InChI=1S/C16H33N5O/c1-12(2)17-8-9-21-10-15(19-20-21)16(6,7)22-11-14(5)18-13(3)4/h10,12-14,17-18H,8-9,11H2,1-7H3. The minimum Gasteiger partial charge on any atom is -0.368 e. The van der Waals surface area contributed by atoms with Gasteiger partial charge in [0, 0.05) is 24.7 Å². The van der Waals surface area contributed by atoms with Gasteiger partial charge in [-0.2, -0.15) is 0 Å². The van der Waals surface area contributed by atoms with E-state index in [1.165, 1.54) is 0 Å². The second-order valence-electron chi connectivity index (χ2n) is 7.02. The molecular formula is C16H33N5O. The van der Waals surface area contributed by atoms with Gasteiger partial charge in [-0.15, -0.1) is 5.10 Å². The van der Waals surface area contributed by atoms with Crippen LogP contribution in [0.25, 0.3) is 0 Å². The maximum absolute atomic E-state index is 6.04. The van der Waals surface area contributed by atoms with Gasteiger partial charge in [-0.1, -0.05) is 32.9 Å². The van der Waals surface area contributed by atoms with E-state index in [-0.39, 0.29) is 0 Å². The zero-order chi connectivity index (χ0) is 16.8. The summed E-state index contributed by atoms with van der Waals surface area (Å²) in [7, 11) is 0. The molecule has 0 spiro atoms. The van der Waals surface area contributed by atoms with Gasteiger partial charge in [0.05, 0.1) is 19.3 Å². The van der Waals surface area contributed by atoms with Gasteiger partial charge in [0.1, 0.15) is 11.3 Å². The maximum Gasteiger partial charge on any atom is 0.114 e. The first-order valence-corrected chi connectivity index (χ1v) is 8.24. The molecule has 0 aromatic carbocycles. The predicted molar refractivity (Wildman–Crippen MR) is 89.9 cm³/mol. The highest BCUT2D eigenvalue weighted by atomic mass is 16.5. The molecule has 0 amide bonds. The van der Waals surface area contributed by atoms with Crippen molar-refractivity contribution in [3.05, 3.63) is 11.9 Å². The quantitative estimate of drug-likeness (QED) is 0.691. The van der Waals surface area contributed by atoms with E-state index in [2.05, 4.69) is 55.6 Å². The lowest BCUT2D eigenvalue weighted by molar-refractivity contribution is -0.0341. The summed E-state index contributed by atoms with van der Waals surface area (Å²) in [5.41, 5.74) is 0.435. The lowest BCUT2D eigenvalue weighted by atomic mass is 10.1. The average molecular weight is 311 g/mol. The van der Waals surface area contributed by atoms with Crippen LogP contribution in [0.4, 0.5) is 0 Å². The van der Waals surface area contributed by atoms with Crippen molar-refractivity contribution >= 4 is 0 Å². The Hall–Kier alpha value is -0.980. The minimum atomic E-state index is -0.434. The third kappa shape index (κ3) is 6.85. The molecule has 0 aliphatic rings. The Labute approximate surface area is 135 Å². The normalized spacial score (nSPS) is 14.0. The smallest absolute Gasteiger partial charge is 0.114 e. The first-order valence-electron chi connectivity index (χ1n) is 8.24. The zero-order valence-electron chi connectivity index (χ0n) is 15.2. The van der Waals surface area contributed by atoms with Crippen LogP contribution < -0.4 is 10.6 Å². The molecule has 128 valence electrons. The molecule has 22 heavy (non-hydrogen) atoms. The van der Waals surface area contributed by atoms with Crippen molar-refractivity contribution in [2.45, 2.75) is 78.7 Å². The van der Waals surface area contributed by atoms with Crippen molar-refractivity contribution in [2.75, 3.05) is 13.2 Å². The molecule has 0 saturated carbocycles. The molecule has 2 N–H and O–H groups in total. The average Bonchev–Trinajstić information content (AvgIpc) is 2.85. The highest BCUT2D eigenvalue weighted by molar-refractivity contribution is 5.04. The van der Waals surface area contributed by atoms with Crippen LogP contribution in [0.2, 0.25) is 0 Å². The maximum atomic E-state index is 6.04. The molecule has 1 heterocycles. The number of aromatic nitrogens is 3. The van der Waals surface area contributed by atoms with Gasteiger partial charge in [-0.25, -0.2) is 0 Å². The predicted octanol–water partition coefficient (Wildman–Crippen LogP) is 1.91. The van der Waals surface area contributed by atoms with E-state index in [4.69, 9.17) is 4.74 Å². The summed E-state index contributed by atoms with van der Waals surface area (Å²) < 4.78 is 7.91. The fourth-order valence-electron chi connectivity index (χ4n) is 2.18. The molecule has 0 aliphatic heterocycles. The van der Waals surface area contributed by atoms with Crippen LogP contribution in [0.5, 0.6) is 0 Å². The van der Waals surface area contributed by atoms with Gasteiger partial charge >= 0.3 is 0 Å². The van der Waals surface area contributed by atoms with Crippen molar-refractivity contribution in [1.29, 1.82) is 0 Å². The summed E-state index contributed by atoms with van der Waals surface area (Å²) in [6, 6.07) is 1.25. The SMILES string of the molecule is CC(C)NCCn1cc(C(C)(C)OCC(C)NC(C)C)nn1. The van der Waals surface area contributed by atoms with Crippen LogP contribution in [0, 0.1) is 0 Å². The van der Waals surface area contributed by atoms with E-state index in [0.717, 1.165) is 18.8 Å². The number of rotatable bonds is 10. The first kappa shape index (κ1) is 19.1. The summed E-state index contributed by atoms with van der Waals surface area (Å²) in [6.07, 6.45) is 1.97. The fourth-order valence-corrected chi connectivity index (χ4v) is 2.18. The van der Waals surface area contributed by atoms with Gasteiger partial charge in [-0.05, 0) is 20.8 Å². The van der Waals surface area contributed by atoms with Crippen molar-refractivity contribution in [1.82, 2.24) is 25.6 Å². The first-order chi connectivity index (χ1) is 10.2. The largest absolute Gasteiger partial charge is 0.368 e. The molecule has 1 atom stereocenters. The summed E-state index contributed by atoms with van der Waals surface area (Å²) >= 11 is 0. The van der Waals surface area contributed by atoms with Gasteiger partial charge in [0.25, 0.3) is 0 Å². The van der Waals surface area contributed by atoms with Gasteiger partial charge in [-0.3, -0.25) is 4.68 Å². The van der Waals surface area contributed by atoms with Crippen LogP contribution in [-0.2, 0) is 16.9 Å². The second-order valence-corrected chi connectivity index (χ2v) is 7.02. The molecule has 1 unspecified atom stereocenters. The third-order valence-corrected chi connectivity index (χ3v) is 3.36. The van der Waals surface area contributed by atoms with E-state index in [0.29, 0.717) is 24.7 Å².